The van der Waals surface area contributed by atoms with Crippen molar-refractivity contribution in [2.24, 2.45) is 0 Å². The molecule has 1 aliphatic heterocycles. The lowest BCUT2D eigenvalue weighted by Gasteiger charge is -2.32. The summed E-state index contributed by atoms with van der Waals surface area (Å²) in [7, 11) is 0. The molecule has 1 saturated heterocycles. The molecule has 2 heterocycles. The van der Waals surface area contributed by atoms with Crippen molar-refractivity contribution < 1.29 is 9.53 Å². The van der Waals surface area contributed by atoms with Crippen LogP contribution in [0.15, 0.2) is 18.5 Å². The van der Waals surface area contributed by atoms with Gasteiger partial charge in [0.2, 0.25) is 0 Å². The first-order chi connectivity index (χ1) is 10.3. The van der Waals surface area contributed by atoms with Gasteiger partial charge in [0.25, 0.3) is 5.91 Å². The minimum atomic E-state index is 0.0473. The Morgan fingerprint density at radius 1 is 1.52 bits per heavy atom. The van der Waals surface area contributed by atoms with Gasteiger partial charge in [0.05, 0.1) is 17.4 Å². The van der Waals surface area contributed by atoms with Crippen LogP contribution >= 0.6 is 0 Å². The highest BCUT2D eigenvalue weighted by Crippen LogP contribution is 2.20. The fourth-order valence-corrected chi connectivity index (χ4v) is 2.64. The van der Waals surface area contributed by atoms with Crippen LogP contribution in [0.4, 0.5) is 5.69 Å². The molecule has 5 heteroatoms. The third-order valence-electron chi connectivity index (χ3n) is 3.68. The Labute approximate surface area is 126 Å². The number of anilines is 1. The zero-order chi connectivity index (χ0) is 15.1. The quantitative estimate of drug-likeness (QED) is 0.875. The van der Waals surface area contributed by atoms with Gasteiger partial charge >= 0.3 is 0 Å². The highest BCUT2D eigenvalue weighted by molar-refractivity contribution is 5.99. The largest absolute Gasteiger partial charge is 0.384 e. The van der Waals surface area contributed by atoms with E-state index >= 15 is 0 Å². The third kappa shape index (κ3) is 4.17. The lowest BCUT2D eigenvalue weighted by Crippen LogP contribution is -2.43. The molecule has 5 nitrogen and oxygen atoms in total. The number of hydrogen-bond donors (Lipinski definition) is 1. The van der Waals surface area contributed by atoms with Crippen LogP contribution < -0.4 is 5.32 Å². The Bertz CT molecular complexity index is 463. The van der Waals surface area contributed by atoms with E-state index in [0.717, 1.165) is 38.0 Å². The fourth-order valence-electron chi connectivity index (χ4n) is 2.64. The van der Waals surface area contributed by atoms with E-state index in [1.807, 2.05) is 17.9 Å². The number of likely N-dealkylation sites (tertiary alicyclic amines) is 1. The normalized spacial score (nSPS) is 18.6. The van der Waals surface area contributed by atoms with E-state index in [9.17, 15) is 4.79 Å². The zero-order valence-corrected chi connectivity index (χ0v) is 13.0. The maximum absolute atomic E-state index is 12.7. The van der Waals surface area contributed by atoms with Crippen LogP contribution in [-0.4, -0.2) is 48.1 Å². The number of rotatable bonds is 6. The molecule has 1 aliphatic rings. The number of amides is 1. The molecule has 1 unspecified atom stereocenters. The molecule has 21 heavy (non-hydrogen) atoms. The molecule has 1 fully saturated rings. The van der Waals surface area contributed by atoms with Crippen molar-refractivity contribution in [1.82, 2.24) is 9.88 Å². The Balaban J connectivity index is 2.08. The molecule has 1 amide bonds. The van der Waals surface area contributed by atoms with E-state index in [0.29, 0.717) is 18.7 Å². The summed E-state index contributed by atoms with van der Waals surface area (Å²) in [6.07, 6.45) is 6.58. The summed E-state index contributed by atoms with van der Waals surface area (Å²) in [6.45, 7) is 7.12. The second-order valence-corrected chi connectivity index (χ2v) is 5.32. The van der Waals surface area contributed by atoms with Crippen LogP contribution in [0, 0.1) is 0 Å². The Hall–Kier alpha value is -1.62. The van der Waals surface area contributed by atoms with Gasteiger partial charge in [0, 0.05) is 38.6 Å². The SMILES string of the molecule is CCCNc1ccncc1C(=O)N1CCCC(OCC)C1. The lowest BCUT2D eigenvalue weighted by molar-refractivity contribution is 0.00726. The highest BCUT2D eigenvalue weighted by atomic mass is 16.5. The average molecular weight is 291 g/mol. The van der Waals surface area contributed by atoms with Gasteiger partial charge in [0.1, 0.15) is 0 Å². The Morgan fingerprint density at radius 2 is 2.38 bits per heavy atom. The van der Waals surface area contributed by atoms with Gasteiger partial charge < -0.3 is 15.0 Å². The number of aromatic nitrogens is 1. The van der Waals surface area contributed by atoms with E-state index in [-0.39, 0.29) is 12.0 Å². The zero-order valence-electron chi connectivity index (χ0n) is 13.0. The van der Waals surface area contributed by atoms with E-state index in [1.165, 1.54) is 0 Å². The summed E-state index contributed by atoms with van der Waals surface area (Å²) in [5.74, 6) is 0.0473. The second kappa shape index (κ2) is 7.98. The van der Waals surface area contributed by atoms with Crippen LogP contribution in [0.3, 0.4) is 0 Å². The summed E-state index contributed by atoms with van der Waals surface area (Å²) in [5.41, 5.74) is 1.53. The lowest BCUT2D eigenvalue weighted by atomic mass is 10.1. The molecule has 0 radical (unpaired) electrons. The number of hydrogen-bond acceptors (Lipinski definition) is 4. The molecular weight excluding hydrogens is 266 g/mol. The molecule has 1 aromatic heterocycles. The topological polar surface area (TPSA) is 54.5 Å². The highest BCUT2D eigenvalue weighted by Gasteiger charge is 2.26. The Kier molecular flexibility index (Phi) is 5.99. The number of carbonyl (C=O) groups excluding carboxylic acids is 1. The minimum Gasteiger partial charge on any atom is -0.384 e. The summed E-state index contributed by atoms with van der Waals surface area (Å²) < 4.78 is 5.67. The van der Waals surface area contributed by atoms with E-state index in [2.05, 4.69) is 17.2 Å². The number of ether oxygens (including phenoxy) is 1. The van der Waals surface area contributed by atoms with E-state index in [4.69, 9.17) is 4.74 Å². The molecule has 1 aromatic rings. The van der Waals surface area contributed by atoms with Crippen LogP contribution in [0.1, 0.15) is 43.5 Å². The molecule has 0 aromatic carbocycles. The molecule has 0 aliphatic carbocycles. The predicted octanol–water partition coefficient (Wildman–Crippen LogP) is 2.54. The van der Waals surface area contributed by atoms with Gasteiger partial charge in [-0.1, -0.05) is 6.92 Å². The van der Waals surface area contributed by atoms with E-state index < -0.39 is 0 Å². The molecule has 0 spiro atoms. The van der Waals surface area contributed by atoms with Crippen molar-refractivity contribution in [2.75, 3.05) is 31.6 Å². The van der Waals surface area contributed by atoms with Crippen molar-refractivity contribution in [1.29, 1.82) is 0 Å². The van der Waals surface area contributed by atoms with Gasteiger partial charge in [-0.15, -0.1) is 0 Å². The van der Waals surface area contributed by atoms with E-state index in [1.54, 1.807) is 12.4 Å². The number of piperidine rings is 1. The van der Waals surface area contributed by atoms with Crippen molar-refractivity contribution in [3.05, 3.63) is 24.0 Å². The summed E-state index contributed by atoms with van der Waals surface area (Å²) in [6, 6.07) is 1.87. The predicted molar refractivity (Wildman–Crippen MR) is 83.6 cm³/mol. The first kappa shape index (κ1) is 15.8. The average Bonchev–Trinajstić information content (AvgIpc) is 2.53. The molecule has 2 rings (SSSR count). The molecular formula is C16H25N3O2. The van der Waals surface area contributed by atoms with Gasteiger partial charge in [-0.2, -0.15) is 0 Å². The molecule has 1 N–H and O–H groups in total. The van der Waals surface area contributed by atoms with Crippen LogP contribution in [-0.2, 0) is 4.74 Å². The van der Waals surface area contributed by atoms with Crippen molar-refractivity contribution >= 4 is 11.6 Å². The number of carbonyl (C=O) groups is 1. The minimum absolute atomic E-state index is 0.0473. The monoisotopic (exact) mass is 291 g/mol. The van der Waals surface area contributed by atoms with Gasteiger partial charge in [-0.3, -0.25) is 9.78 Å². The van der Waals surface area contributed by atoms with Crippen LogP contribution in [0.5, 0.6) is 0 Å². The standard InChI is InChI=1S/C16H25N3O2/c1-3-8-18-15-7-9-17-11-14(15)16(20)19-10-5-6-13(12-19)21-4-2/h7,9,11,13H,3-6,8,10,12H2,1-2H3,(H,17,18). The Morgan fingerprint density at radius 3 is 3.14 bits per heavy atom. The van der Waals surface area contributed by atoms with Gasteiger partial charge in [-0.25, -0.2) is 0 Å². The van der Waals surface area contributed by atoms with Crippen molar-refractivity contribution in [3.63, 3.8) is 0 Å². The number of pyridine rings is 1. The number of nitrogens with zero attached hydrogens (tertiary/aromatic N) is 2. The summed E-state index contributed by atoms with van der Waals surface area (Å²) in [4.78, 5) is 18.7. The van der Waals surface area contributed by atoms with Crippen LogP contribution in [0.2, 0.25) is 0 Å². The maximum Gasteiger partial charge on any atom is 0.257 e. The third-order valence-corrected chi connectivity index (χ3v) is 3.68. The van der Waals surface area contributed by atoms with Crippen molar-refractivity contribution in [3.8, 4) is 0 Å². The maximum atomic E-state index is 12.7. The molecule has 0 saturated carbocycles. The summed E-state index contributed by atoms with van der Waals surface area (Å²) in [5, 5.41) is 3.30. The second-order valence-electron chi connectivity index (χ2n) is 5.32. The van der Waals surface area contributed by atoms with Gasteiger partial charge in [0.15, 0.2) is 0 Å². The molecule has 116 valence electrons. The first-order valence-corrected chi connectivity index (χ1v) is 7.85. The van der Waals surface area contributed by atoms with Gasteiger partial charge in [-0.05, 0) is 32.3 Å². The number of nitrogens with one attached hydrogen (secondary N) is 1. The van der Waals surface area contributed by atoms with Crippen molar-refractivity contribution in [2.45, 2.75) is 39.2 Å². The summed E-state index contributed by atoms with van der Waals surface area (Å²) >= 11 is 0. The fraction of sp³-hybridized carbons (Fsp3) is 0.625. The smallest absolute Gasteiger partial charge is 0.257 e. The first-order valence-electron chi connectivity index (χ1n) is 7.85. The molecule has 1 atom stereocenters. The van der Waals surface area contributed by atoms with Crippen LogP contribution in [0.25, 0.3) is 0 Å². The molecule has 0 bridgehead atoms.